The molecule has 2 aliphatic heterocycles. The molecule has 1 saturated heterocycles. The first-order chi connectivity index (χ1) is 13.6. The van der Waals surface area contributed by atoms with Crippen molar-refractivity contribution in [2.24, 2.45) is 0 Å². The van der Waals surface area contributed by atoms with E-state index >= 15 is 0 Å². The highest BCUT2D eigenvalue weighted by molar-refractivity contribution is 7.80. The summed E-state index contributed by atoms with van der Waals surface area (Å²) in [7, 11) is 0. The number of rotatable bonds is 2. The number of thiophene rings is 1. The molecule has 1 amide bonds. The molecular formula is C22H18N2O2S2. The molecule has 2 bridgehead atoms. The van der Waals surface area contributed by atoms with E-state index in [1.807, 2.05) is 83.9 Å². The van der Waals surface area contributed by atoms with Crippen LogP contribution in [0.2, 0.25) is 0 Å². The first kappa shape index (κ1) is 17.4. The lowest BCUT2D eigenvalue weighted by atomic mass is 9.88. The predicted octanol–water partition coefficient (Wildman–Crippen LogP) is 5.24. The van der Waals surface area contributed by atoms with Crippen molar-refractivity contribution in [3.63, 3.8) is 0 Å². The zero-order valence-electron chi connectivity index (χ0n) is 15.2. The van der Waals surface area contributed by atoms with Crippen LogP contribution in [-0.2, 0) is 0 Å². The standard InChI is InChI=1S/C22H18N2O2S2/c1-22-14-17(16-10-5-6-11-18(16)26-22)23(20(25)19-12-7-13-28-19)21(27)24(22)15-8-3-2-4-9-15/h2-13,17H,14H2,1H3/t17-,22-/m1/s1. The molecule has 0 N–H and O–H groups in total. The fourth-order valence-electron chi connectivity index (χ4n) is 4.11. The minimum absolute atomic E-state index is 0.0651. The molecule has 0 aliphatic carbocycles. The molecular weight excluding hydrogens is 388 g/mol. The van der Waals surface area contributed by atoms with Crippen molar-refractivity contribution in [1.29, 1.82) is 0 Å². The summed E-state index contributed by atoms with van der Waals surface area (Å²) in [6.45, 7) is 2.04. The summed E-state index contributed by atoms with van der Waals surface area (Å²) in [5, 5.41) is 2.38. The third-order valence-corrected chi connectivity index (χ3v) is 6.56. The van der Waals surface area contributed by atoms with E-state index in [2.05, 4.69) is 0 Å². The molecule has 2 aliphatic rings. The molecule has 28 heavy (non-hydrogen) atoms. The van der Waals surface area contributed by atoms with Gasteiger partial charge in [-0.05, 0) is 48.8 Å². The van der Waals surface area contributed by atoms with Gasteiger partial charge in [0.25, 0.3) is 5.91 Å². The Kier molecular flexibility index (Phi) is 4.00. The fourth-order valence-corrected chi connectivity index (χ4v) is 5.28. The SMILES string of the molecule is C[C@]12C[C@H](c3ccccc3O1)N(C(=O)c1cccs1)C(=S)N2c1ccccc1. The van der Waals surface area contributed by atoms with Gasteiger partial charge in [-0.2, -0.15) is 0 Å². The smallest absolute Gasteiger partial charge is 0.270 e. The zero-order chi connectivity index (χ0) is 19.3. The van der Waals surface area contributed by atoms with E-state index < -0.39 is 5.72 Å². The Morgan fingerprint density at radius 2 is 1.86 bits per heavy atom. The van der Waals surface area contributed by atoms with Crippen LogP contribution in [-0.4, -0.2) is 21.6 Å². The number of amides is 1. The number of carbonyl (C=O) groups excluding carboxylic acids is 1. The second-order valence-corrected chi connectivity index (χ2v) is 8.45. The highest BCUT2D eigenvalue weighted by atomic mass is 32.1. The average molecular weight is 407 g/mol. The molecule has 0 saturated carbocycles. The van der Waals surface area contributed by atoms with Crippen LogP contribution in [0.15, 0.2) is 72.1 Å². The number of para-hydroxylation sites is 2. The van der Waals surface area contributed by atoms with E-state index in [4.69, 9.17) is 17.0 Å². The number of benzene rings is 2. The average Bonchev–Trinajstić information content (AvgIpc) is 3.23. The lowest BCUT2D eigenvalue weighted by molar-refractivity contribution is 0.0186. The van der Waals surface area contributed by atoms with Crippen LogP contribution in [0.4, 0.5) is 5.69 Å². The normalized spacial score (nSPS) is 23.2. The van der Waals surface area contributed by atoms with Crippen molar-refractivity contribution >= 4 is 40.3 Å². The third kappa shape index (κ3) is 2.56. The molecule has 3 aromatic rings. The summed E-state index contributed by atoms with van der Waals surface area (Å²) in [6, 6.07) is 21.4. The number of fused-ring (bicyclic) bond motifs is 4. The van der Waals surface area contributed by atoms with E-state index in [-0.39, 0.29) is 11.9 Å². The number of nitrogens with zero attached hydrogens (tertiary/aromatic N) is 2. The summed E-state index contributed by atoms with van der Waals surface area (Å²) >= 11 is 7.33. The summed E-state index contributed by atoms with van der Waals surface area (Å²) in [5.41, 5.74) is 1.25. The van der Waals surface area contributed by atoms with Crippen LogP contribution in [0.5, 0.6) is 5.75 Å². The summed E-state index contributed by atoms with van der Waals surface area (Å²) in [4.78, 5) is 17.9. The molecule has 2 aromatic carbocycles. The van der Waals surface area contributed by atoms with Gasteiger partial charge in [0.2, 0.25) is 0 Å². The third-order valence-electron chi connectivity index (χ3n) is 5.33. The molecule has 6 heteroatoms. The molecule has 0 radical (unpaired) electrons. The first-order valence-electron chi connectivity index (χ1n) is 9.13. The molecule has 1 aromatic heterocycles. The van der Waals surface area contributed by atoms with Gasteiger partial charge in [-0.25, -0.2) is 0 Å². The Morgan fingerprint density at radius 3 is 2.61 bits per heavy atom. The number of hydrogen-bond acceptors (Lipinski definition) is 4. The molecule has 2 atom stereocenters. The van der Waals surface area contributed by atoms with Crippen molar-refractivity contribution in [3.8, 4) is 5.75 Å². The highest BCUT2D eigenvalue weighted by Crippen LogP contribution is 2.49. The van der Waals surface area contributed by atoms with E-state index in [0.717, 1.165) is 17.0 Å². The molecule has 140 valence electrons. The van der Waals surface area contributed by atoms with Gasteiger partial charge < -0.3 is 4.74 Å². The van der Waals surface area contributed by atoms with Crippen LogP contribution in [0.3, 0.4) is 0 Å². The monoisotopic (exact) mass is 406 g/mol. The Labute approximate surface area is 173 Å². The van der Waals surface area contributed by atoms with Crippen molar-refractivity contribution in [2.75, 3.05) is 4.90 Å². The Morgan fingerprint density at radius 1 is 1.11 bits per heavy atom. The Balaban J connectivity index is 1.69. The van der Waals surface area contributed by atoms with Crippen molar-refractivity contribution in [2.45, 2.75) is 25.1 Å². The van der Waals surface area contributed by atoms with E-state index in [1.54, 1.807) is 4.90 Å². The second-order valence-electron chi connectivity index (χ2n) is 7.14. The maximum Gasteiger partial charge on any atom is 0.270 e. The lowest BCUT2D eigenvalue weighted by Gasteiger charge is -2.55. The summed E-state index contributed by atoms with van der Waals surface area (Å²) in [5.74, 6) is 0.735. The minimum Gasteiger partial charge on any atom is -0.467 e. The van der Waals surface area contributed by atoms with Gasteiger partial charge in [0, 0.05) is 17.7 Å². The van der Waals surface area contributed by atoms with E-state index in [1.165, 1.54) is 11.3 Å². The lowest BCUT2D eigenvalue weighted by Crippen LogP contribution is -2.67. The first-order valence-corrected chi connectivity index (χ1v) is 10.4. The number of hydrogen-bond donors (Lipinski definition) is 0. The molecule has 0 spiro atoms. The predicted molar refractivity (Wildman–Crippen MR) is 115 cm³/mol. The highest BCUT2D eigenvalue weighted by Gasteiger charge is 2.53. The van der Waals surface area contributed by atoms with Crippen LogP contribution >= 0.6 is 23.6 Å². The van der Waals surface area contributed by atoms with Gasteiger partial charge in [-0.15, -0.1) is 11.3 Å². The van der Waals surface area contributed by atoms with Gasteiger partial charge in [0.05, 0.1) is 10.9 Å². The van der Waals surface area contributed by atoms with Gasteiger partial charge in [-0.3, -0.25) is 14.6 Å². The van der Waals surface area contributed by atoms with Crippen LogP contribution < -0.4 is 9.64 Å². The van der Waals surface area contributed by atoms with Crippen molar-refractivity contribution < 1.29 is 9.53 Å². The van der Waals surface area contributed by atoms with Gasteiger partial charge in [-0.1, -0.05) is 42.5 Å². The summed E-state index contributed by atoms with van der Waals surface area (Å²) in [6.07, 6.45) is 0.635. The fraction of sp³-hybridized carbons (Fsp3) is 0.182. The number of carbonyl (C=O) groups is 1. The van der Waals surface area contributed by atoms with Gasteiger partial charge in [0.1, 0.15) is 5.75 Å². The van der Waals surface area contributed by atoms with Crippen LogP contribution in [0, 0.1) is 0 Å². The molecule has 1 fully saturated rings. The van der Waals surface area contributed by atoms with E-state index in [9.17, 15) is 4.79 Å². The molecule has 4 nitrogen and oxygen atoms in total. The van der Waals surface area contributed by atoms with Crippen molar-refractivity contribution in [1.82, 2.24) is 4.90 Å². The van der Waals surface area contributed by atoms with Crippen molar-refractivity contribution in [3.05, 3.63) is 82.6 Å². The Hall–Kier alpha value is -2.70. The zero-order valence-corrected chi connectivity index (χ0v) is 16.9. The topological polar surface area (TPSA) is 32.8 Å². The summed E-state index contributed by atoms with van der Waals surface area (Å²) < 4.78 is 6.45. The molecule has 5 rings (SSSR count). The Bertz CT molecular complexity index is 1050. The second kappa shape index (κ2) is 6.43. The van der Waals surface area contributed by atoms with Gasteiger partial charge >= 0.3 is 0 Å². The van der Waals surface area contributed by atoms with E-state index in [0.29, 0.717) is 16.4 Å². The quantitative estimate of drug-likeness (QED) is 0.545. The maximum atomic E-state index is 13.4. The molecule has 0 unspecified atom stereocenters. The molecule has 3 heterocycles. The van der Waals surface area contributed by atoms with Crippen LogP contribution in [0.1, 0.15) is 34.6 Å². The van der Waals surface area contributed by atoms with Crippen LogP contribution in [0.25, 0.3) is 0 Å². The van der Waals surface area contributed by atoms with Gasteiger partial charge in [0.15, 0.2) is 10.8 Å². The number of anilines is 1. The maximum absolute atomic E-state index is 13.4. The minimum atomic E-state index is -0.663. The number of thiocarbonyl (C=S) groups is 1. The largest absolute Gasteiger partial charge is 0.467 e. The number of ether oxygens (including phenoxy) is 1.